The Kier molecular flexibility index (Phi) is 7.42. The van der Waals surface area contributed by atoms with E-state index >= 15 is 0 Å². The van der Waals surface area contributed by atoms with Crippen LogP contribution >= 0.6 is 0 Å². The predicted octanol–water partition coefficient (Wildman–Crippen LogP) is 3.98. The molecule has 1 aromatic heterocycles. The van der Waals surface area contributed by atoms with Crippen molar-refractivity contribution in [2.75, 3.05) is 32.8 Å². The lowest BCUT2D eigenvalue weighted by Gasteiger charge is -2.31. The highest BCUT2D eigenvalue weighted by atomic mass is 16.5. The number of carbonyl (C=O) groups excluding carboxylic acids is 1. The average molecular weight is 450 g/mol. The molecule has 1 fully saturated rings. The summed E-state index contributed by atoms with van der Waals surface area (Å²) in [5, 5.41) is 7.19. The van der Waals surface area contributed by atoms with Gasteiger partial charge in [0, 0.05) is 25.2 Å². The van der Waals surface area contributed by atoms with E-state index in [0.29, 0.717) is 17.9 Å². The third-order valence-electron chi connectivity index (χ3n) is 5.99. The number of nitrogens with one attached hydrogen (secondary N) is 1. The normalized spacial score (nSPS) is 15.2. The van der Waals surface area contributed by atoms with Crippen molar-refractivity contribution in [3.05, 3.63) is 82.2 Å². The van der Waals surface area contributed by atoms with E-state index in [9.17, 15) is 4.79 Å². The Morgan fingerprint density at radius 2 is 1.88 bits per heavy atom. The van der Waals surface area contributed by atoms with Crippen molar-refractivity contribution in [2.24, 2.45) is 0 Å². The first kappa shape index (κ1) is 23.0. The number of hydrogen-bond donors (Lipinski definition) is 1. The number of aryl methyl sites for hydroxylation is 3. The van der Waals surface area contributed by atoms with E-state index in [0.717, 1.165) is 55.4 Å². The number of morpholine rings is 1. The van der Waals surface area contributed by atoms with Crippen molar-refractivity contribution in [1.29, 1.82) is 0 Å². The summed E-state index contributed by atoms with van der Waals surface area (Å²) >= 11 is 0. The molecular formula is C26H31N3O4. The third kappa shape index (κ3) is 6.00. The fourth-order valence-corrected chi connectivity index (χ4v) is 3.91. The van der Waals surface area contributed by atoms with Gasteiger partial charge < -0.3 is 19.3 Å². The van der Waals surface area contributed by atoms with Crippen molar-refractivity contribution < 1.29 is 18.8 Å². The Bertz CT molecular complexity index is 1050. The minimum Gasteiger partial charge on any atom is -0.489 e. The smallest absolute Gasteiger partial charge is 0.251 e. The van der Waals surface area contributed by atoms with Crippen LogP contribution in [0.4, 0.5) is 0 Å². The minimum absolute atomic E-state index is 0.122. The zero-order valence-electron chi connectivity index (χ0n) is 19.5. The second-order valence-electron chi connectivity index (χ2n) is 8.47. The summed E-state index contributed by atoms with van der Waals surface area (Å²) in [6.07, 6.45) is 0. The molecule has 1 amide bonds. The number of rotatable bonds is 8. The first-order valence-corrected chi connectivity index (χ1v) is 11.3. The van der Waals surface area contributed by atoms with Crippen LogP contribution in [0.2, 0.25) is 0 Å². The molecule has 0 aliphatic carbocycles. The highest BCUT2D eigenvalue weighted by Gasteiger charge is 2.21. The molecule has 7 nitrogen and oxygen atoms in total. The topological polar surface area (TPSA) is 76.8 Å². The molecule has 1 N–H and O–H groups in total. The fraction of sp³-hybridized carbons (Fsp3) is 0.385. The maximum atomic E-state index is 13.2. The van der Waals surface area contributed by atoms with Gasteiger partial charge in [0.15, 0.2) is 0 Å². The third-order valence-corrected chi connectivity index (χ3v) is 5.99. The highest BCUT2D eigenvalue weighted by Crippen LogP contribution is 2.21. The molecule has 1 aliphatic heterocycles. The second kappa shape index (κ2) is 10.6. The van der Waals surface area contributed by atoms with E-state index in [4.69, 9.17) is 14.0 Å². The van der Waals surface area contributed by atoms with Gasteiger partial charge in [-0.25, -0.2) is 0 Å². The van der Waals surface area contributed by atoms with Crippen LogP contribution in [0.15, 0.2) is 53.1 Å². The quantitative estimate of drug-likeness (QED) is 0.561. The van der Waals surface area contributed by atoms with E-state index in [1.54, 1.807) is 12.1 Å². The Morgan fingerprint density at radius 1 is 1.12 bits per heavy atom. The van der Waals surface area contributed by atoms with Crippen molar-refractivity contribution in [3.8, 4) is 5.75 Å². The van der Waals surface area contributed by atoms with Crippen molar-refractivity contribution in [2.45, 2.75) is 33.4 Å². The summed E-state index contributed by atoms with van der Waals surface area (Å²) in [6.45, 7) is 10.1. The number of carbonyl (C=O) groups is 1. The van der Waals surface area contributed by atoms with E-state index in [2.05, 4.69) is 46.6 Å². The molecule has 0 bridgehead atoms. The van der Waals surface area contributed by atoms with Crippen LogP contribution in [0, 0.1) is 20.8 Å². The van der Waals surface area contributed by atoms with Crippen LogP contribution in [0.3, 0.4) is 0 Å². The number of hydrogen-bond acceptors (Lipinski definition) is 6. The average Bonchev–Trinajstić information content (AvgIpc) is 3.15. The molecule has 1 atom stereocenters. The zero-order chi connectivity index (χ0) is 23.2. The summed E-state index contributed by atoms with van der Waals surface area (Å²) in [6, 6.07) is 15.5. The summed E-state index contributed by atoms with van der Waals surface area (Å²) in [4.78, 5) is 15.5. The molecule has 0 spiro atoms. The Hall–Kier alpha value is -3.16. The van der Waals surface area contributed by atoms with E-state index in [1.165, 1.54) is 5.56 Å². The SMILES string of the molecule is Cc1ccc(C(CN2CCOCC2)NC(=O)c2cccc(OCc3c(C)noc3C)c2)cc1. The molecule has 1 unspecified atom stereocenters. The summed E-state index contributed by atoms with van der Waals surface area (Å²) < 4.78 is 16.6. The van der Waals surface area contributed by atoms with Crippen LogP contribution in [0.25, 0.3) is 0 Å². The molecule has 4 rings (SSSR count). The number of ether oxygens (including phenoxy) is 2. The molecular weight excluding hydrogens is 418 g/mol. The summed E-state index contributed by atoms with van der Waals surface area (Å²) in [7, 11) is 0. The fourth-order valence-electron chi connectivity index (χ4n) is 3.91. The maximum Gasteiger partial charge on any atom is 0.251 e. The Balaban J connectivity index is 1.46. The van der Waals surface area contributed by atoms with Gasteiger partial charge in [-0.05, 0) is 44.5 Å². The van der Waals surface area contributed by atoms with Gasteiger partial charge in [-0.1, -0.05) is 41.1 Å². The van der Waals surface area contributed by atoms with Gasteiger partial charge in [-0.15, -0.1) is 0 Å². The number of nitrogens with zero attached hydrogens (tertiary/aromatic N) is 2. The lowest BCUT2D eigenvalue weighted by Crippen LogP contribution is -2.43. The van der Waals surface area contributed by atoms with Crippen LogP contribution < -0.4 is 10.1 Å². The molecule has 33 heavy (non-hydrogen) atoms. The molecule has 2 heterocycles. The van der Waals surface area contributed by atoms with Crippen molar-refractivity contribution in [3.63, 3.8) is 0 Å². The molecule has 0 saturated carbocycles. The first-order chi connectivity index (χ1) is 16.0. The summed E-state index contributed by atoms with van der Waals surface area (Å²) in [5.74, 6) is 1.24. The first-order valence-electron chi connectivity index (χ1n) is 11.3. The standard InChI is InChI=1S/C26H31N3O4/c1-18-7-9-21(10-8-18)25(16-29-11-13-31-14-12-29)27-26(30)22-5-4-6-23(15-22)32-17-24-19(2)28-33-20(24)3/h4-10,15,25H,11-14,16-17H2,1-3H3,(H,27,30). The maximum absolute atomic E-state index is 13.2. The highest BCUT2D eigenvalue weighted by molar-refractivity contribution is 5.94. The predicted molar refractivity (Wildman–Crippen MR) is 125 cm³/mol. The molecule has 174 valence electrons. The Labute approximate surface area is 194 Å². The number of benzene rings is 2. The van der Waals surface area contributed by atoms with Crippen LogP contribution in [-0.2, 0) is 11.3 Å². The van der Waals surface area contributed by atoms with E-state index in [1.807, 2.05) is 26.0 Å². The van der Waals surface area contributed by atoms with Gasteiger partial charge in [0.25, 0.3) is 5.91 Å². The monoisotopic (exact) mass is 449 g/mol. The van der Waals surface area contributed by atoms with Gasteiger partial charge in [-0.3, -0.25) is 9.69 Å². The largest absolute Gasteiger partial charge is 0.489 e. The lowest BCUT2D eigenvalue weighted by molar-refractivity contribution is 0.0332. The zero-order valence-corrected chi connectivity index (χ0v) is 19.5. The van der Waals surface area contributed by atoms with Crippen LogP contribution in [0.1, 0.15) is 44.5 Å². The van der Waals surface area contributed by atoms with E-state index in [-0.39, 0.29) is 11.9 Å². The Morgan fingerprint density at radius 3 is 2.58 bits per heavy atom. The molecule has 7 heteroatoms. The van der Waals surface area contributed by atoms with Gasteiger partial charge in [0.2, 0.25) is 0 Å². The summed E-state index contributed by atoms with van der Waals surface area (Å²) in [5.41, 5.74) is 4.58. The number of aromatic nitrogens is 1. The van der Waals surface area contributed by atoms with Gasteiger partial charge in [-0.2, -0.15) is 0 Å². The van der Waals surface area contributed by atoms with Gasteiger partial charge in [0.05, 0.1) is 30.5 Å². The van der Waals surface area contributed by atoms with Crippen molar-refractivity contribution in [1.82, 2.24) is 15.4 Å². The van der Waals surface area contributed by atoms with Crippen molar-refractivity contribution >= 4 is 5.91 Å². The molecule has 0 radical (unpaired) electrons. The molecule has 1 aliphatic rings. The molecule has 3 aromatic rings. The van der Waals surface area contributed by atoms with Crippen LogP contribution in [-0.4, -0.2) is 48.8 Å². The van der Waals surface area contributed by atoms with E-state index < -0.39 is 0 Å². The van der Waals surface area contributed by atoms with Gasteiger partial charge in [0.1, 0.15) is 18.1 Å². The number of amides is 1. The second-order valence-corrected chi connectivity index (χ2v) is 8.47. The lowest BCUT2D eigenvalue weighted by atomic mass is 10.0. The van der Waals surface area contributed by atoms with Crippen LogP contribution in [0.5, 0.6) is 5.75 Å². The molecule has 2 aromatic carbocycles. The minimum atomic E-state index is -0.128. The molecule has 1 saturated heterocycles. The van der Waals surface area contributed by atoms with Gasteiger partial charge >= 0.3 is 0 Å².